The summed E-state index contributed by atoms with van der Waals surface area (Å²) in [7, 11) is 1.40. The molecular formula is C19H24N2O3S. The van der Waals surface area contributed by atoms with Crippen molar-refractivity contribution in [3.8, 4) is 0 Å². The maximum atomic E-state index is 12.1. The second-order valence-corrected chi connectivity index (χ2v) is 7.36. The minimum absolute atomic E-state index is 0.210. The number of anilines is 1. The molecule has 1 aromatic heterocycles. The molecule has 0 saturated carbocycles. The maximum Gasteiger partial charge on any atom is 0.350 e. The number of carbonyl (C=O) groups is 2. The number of nitrogens with one attached hydrogen (secondary N) is 1. The molecule has 0 bridgehead atoms. The molecule has 1 saturated heterocycles. The molecule has 0 spiro atoms. The summed E-state index contributed by atoms with van der Waals surface area (Å²) in [6.45, 7) is 1.43. The second-order valence-electron chi connectivity index (χ2n) is 6.31. The van der Waals surface area contributed by atoms with Gasteiger partial charge < -0.3 is 15.0 Å². The first kappa shape index (κ1) is 17.7. The molecule has 25 heavy (non-hydrogen) atoms. The summed E-state index contributed by atoms with van der Waals surface area (Å²) in [5.41, 5.74) is 2.09. The fourth-order valence-corrected chi connectivity index (χ4v) is 4.30. The molecule has 0 aromatic carbocycles. The minimum Gasteiger partial charge on any atom is -0.465 e. The molecule has 1 aliphatic heterocycles. The molecule has 2 heterocycles. The van der Waals surface area contributed by atoms with Crippen molar-refractivity contribution in [1.82, 2.24) is 4.90 Å². The van der Waals surface area contributed by atoms with E-state index in [2.05, 4.69) is 11.4 Å². The zero-order valence-corrected chi connectivity index (χ0v) is 15.4. The average Bonchev–Trinajstić information content (AvgIpc) is 3.25. The summed E-state index contributed by atoms with van der Waals surface area (Å²) in [4.78, 5) is 27.2. The first-order chi connectivity index (χ1) is 12.2. The summed E-state index contributed by atoms with van der Waals surface area (Å²) in [6, 6.07) is 2.03. The van der Waals surface area contributed by atoms with Gasteiger partial charge in [0, 0.05) is 24.4 Å². The number of likely N-dealkylation sites (tertiary alicyclic amines) is 1. The van der Waals surface area contributed by atoms with Crippen LogP contribution in [0.5, 0.6) is 0 Å². The van der Waals surface area contributed by atoms with Gasteiger partial charge in [0.15, 0.2) is 0 Å². The van der Waals surface area contributed by atoms with Gasteiger partial charge in [0.25, 0.3) is 0 Å². The lowest BCUT2D eigenvalue weighted by molar-refractivity contribution is -0.127. The average molecular weight is 360 g/mol. The third kappa shape index (κ3) is 4.31. The minimum atomic E-state index is -0.321. The highest BCUT2D eigenvalue weighted by Gasteiger charge is 2.20. The van der Waals surface area contributed by atoms with Crippen molar-refractivity contribution < 1.29 is 14.3 Å². The highest BCUT2D eigenvalue weighted by molar-refractivity contribution is 7.15. The van der Waals surface area contributed by atoms with Crippen LogP contribution < -0.4 is 5.32 Å². The Hall–Kier alpha value is -2.08. The molecule has 3 rings (SSSR count). The van der Waals surface area contributed by atoms with E-state index in [0.717, 1.165) is 36.4 Å². The molecule has 134 valence electrons. The monoisotopic (exact) mass is 360 g/mol. The number of esters is 1. The summed E-state index contributed by atoms with van der Waals surface area (Å²) in [5, 5.41) is 3.19. The van der Waals surface area contributed by atoms with E-state index in [1.165, 1.54) is 36.9 Å². The maximum absolute atomic E-state index is 12.1. The van der Waals surface area contributed by atoms with Crippen molar-refractivity contribution in [3.63, 3.8) is 0 Å². The van der Waals surface area contributed by atoms with Gasteiger partial charge in [0.05, 0.1) is 12.8 Å². The van der Waals surface area contributed by atoms with Crippen LogP contribution in [-0.2, 0) is 9.53 Å². The number of amides is 1. The van der Waals surface area contributed by atoms with Crippen LogP contribution in [0, 0.1) is 0 Å². The summed E-state index contributed by atoms with van der Waals surface area (Å²) < 4.78 is 4.91. The normalized spacial score (nSPS) is 17.9. The van der Waals surface area contributed by atoms with Gasteiger partial charge in [-0.3, -0.25) is 4.79 Å². The third-order valence-electron chi connectivity index (χ3n) is 4.56. The van der Waals surface area contributed by atoms with Crippen molar-refractivity contribution in [3.05, 3.63) is 34.2 Å². The topological polar surface area (TPSA) is 58.6 Å². The van der Waals surface area contributed by atoms with E-state index in [4.69, 9.17) is 4.74 Å². The smallest absolute Gasteiger partial charge is 0.350 e. The lowest BCUT2D eigenvalue weighted by atomic mass is 9.98. The first-order valence-electron chi connectivity index (χ1n) is 8.80. The van der Waals surface area contributed by atoms with Crippen molar-refractivity contribution in [2.24, 2.45) is 0 Å². The van der Waals surface area contributed by atoms with Crippen molar-refractivity contribution in [2.45, 2.75) is 38.5 Å². The van der Waals surface area contributed by atoms with E-state index in [9.17, 15) is 9.59 Å². The number of hydrogen-bond donors (Lipinski definition) is 1. The summed E-state index contributed by atoms with van der Waals surface area (Å²) >= 11 is 1.48. The molecular weight excluding hydrogens is 336 g/mol. The Labute approximate surface area is 152 Å². The van der Waals surface area contributed by atoms with Gasteiger partial charge in [-0.1, -0.05) is 6.08 Å². The van der Waals surface area contributed by atoms with E-state index in [1.807, 2.05) is 17.0 Å². The number of carbonyl (C=O) groups excluding carboxylic acids is 2. The third-order valence-corrected chi connectivity index (χ3v) is 5.75. The Kier molecular flexibility index (Phi) is 5.91. The number of methoxy groups -OCH3 is 1. The predicted molar refractivity (Wildman–Crippen MR) is 101 cm³/mol. The standard InChI is InChI=1S/C19H24N2O3S/c1-24-19(23)18-15(13-16(25-18)14-7-3-2-4-8-14)20-10-6-12-21-11-5-9-17(21)22/h6-7,10,13,20H,2-5,8-9,11-12H2,1H3/b10-6+. The number of ether oxygens (including phenoxy) is 1. The summed E-state index contributed by atoms with van der Waals surface area (Å²) in [6.07, 6.45) is 12.2. The van der Waals surface area contributed by atoms with Crippen LogP contribution in [0.25, 0.3) is 5.57 Å². The highest BCUT2D eigenvalue weighted by atomic mass is 32.1. The molecule has 6 heteroatoms. The van der Waals surface area contributed by atoms with Gasteiger partial charge >= 0.3 is 5.97 Å². The fraction of sp³-hybridized carbons (Fsp3) is 0.474. The van der Waals surface area contributed by atoms with E-state index < -0.39 is 0 Å². The van der Waals surface area contributed by atoms with Crippen LogP contribution in [0.1, 0.15) is 53.1 Å². The number of allylic oxidation sites excluding steroid dienone is 2. The predicted octanol–water partition coefficient (Wildman–Crippen LogP) is 4.04. The molecule has 1 amide bonds. The Morgan fingerprint density at radius 2 is 2.24 bits per heavy atom. The van der Waals surface area contributed by atoms with E-state index in [-0.39, 0.29) is 11.9 Å². The zero-order chi connectivity index (χ0) is 17.6. The number of nitrogens with zero attached hydrogens (tertiary/aromatic N) is 1. The van der Waals surface area contributed by atoms with Crippen molar-refractivity contribution in [2.75, 3.05) is 25.5 Å². The van der Waals surface area contributed by atoms with Gasteiger partial charge in [-0.2, -0.15) is 0 Å². The van der Waals surface area contributed by atoms with Crippen LogP contribution >= 0.6 is 11.3 Å². The van der Waals surface area contributed by atoms with Crippen molar-refractivity contribution in [1.29, 1.82) is 0 Å². The quantitative estimate of drug-likeness (QED) is 0.778. The molecule has 1 fully saturated rings. The Morgan fingerprint density at radius 3 is 2.92 bits per heavy atom. The zero-order valence-electron chi connectivity index (χ0n) is 14.5. The van der Waals surface area contributed by atoms with Gasteiger partial charge in [0.1, 0.15) is 4.88 Å². The fourth-order valence-electron chi connectivity index (χ4n) is 3.19. The molecule has 0 radical (unpaired) electrons. The van der Waals surface area contributed by atoms with E-state index in [1.54, 1.807) is 6.20 Å². The Balaban J connectivity index is 1.70. The summed E-state index contributed by atoms with van der Waals surface area (Å²) in [5.74, 6) is -0.111. The molecule has 1 N–H and O–H groups in total. The molecule has 0 unspecified atom stereocenters. The van der Waals surface area contributed by atoms with E-state index in [0.29, 0.717) is 17.8 Å². The van der Waals surface area contributed by atoms with Crippen LogP contribution in [0.15, 0.2) is 24.4 Å². The largest absolute Gasteiger partial charge is 0.465 e. The Morgan fingerprint density at radius 1 is 1.36 bits per heavy atom. The lowest BCUT2D eigenvalue weighted by Gasteiger charge is -2.11. The van der Waals surface area contributed by atoms with Crippen molar-refractivity contribution >= 4 is 34.5 Å². The van der Waals surface area contributed by atoms with Gasteiger partial charge in [-0.25, -0.2) is 4.79 Å². The molecule has 1 aromatic rings. The van der Waals surface area contributed by atoms with Gasteiger partial charge in [-0.15, -0.1) is 11.3 Å². The molecule has 2 aliphatic rings. The van der Waals surface area contributed by atoms with E-state index >= 15 is 0 Å². The number of thiophene rings is 1. The number of hydrogen-bond acceptors (Lipinski definition) is 5. The molecule has 5 nitrogen and oxygen atoms in total. The number of rotatable bonds is 6. The molecule has 1 aliphatic carbocycles. The van der Waals surface area contributed by atoms with Crippen LogP contribution in [0.2, 0.25) is 0 Å². The van der Waals surface area contributed by atoms with Crippen LogP contribution in [-0.4, -0.2) is 37.0 Å². The first-order valence-corrected chi connectivity index (χ1v) is 9.61. The molecule has 0 atom stereocenters. The SMILES string of the molecule is COC(=O)c1sc(C2=CCCCC2)cc1N/C=C/CN1CCCC1=O. The lowest BCUT2D eigenvalue weighted by Crippen LogP contribution is -2.24. The second kappa shape index (κ2) is 8.34. The van der Waals surface area contributed by atoms with Crippen LogP contribution in [0.4, 0.5) is 5.69 Å². The Bertz CT molecular complexity index is 706. The van der Waals surface area contributed by atoms with Gasteiger partial charge in [0.2, 0.25) is 5.91 Å². The highest BCUT2D eigenvalue weighted by Crippen LogP contribution is 2.36. The van der Waals surface area contributed by atoms with Crippen LogP contribution in [0.3, 0.4) is 0 Å². The van der Waals surface area contributed by atoms with Gasteiger partial charge in [-0.05, 0) is 56.0 Å².